The second kappa shape index (κ2) is 5.60. The highest BCUT2D eigenvalue weighted by Gasteiger charge is 2.00. The van der Waals surface area contributed by atoms with E-state index in [0.29, 0.717) is 0 Å². The van der Waals surface area contributed by atoms with Crippen LogP contribution in [-0.2, 0) is 0 Å². The number of nitrogens with two attached hydrogens (primary N) is 1. The summed E-state index contributed by atoms with van der Waals surface area (Å²) in [7, 11) is 0. The zero-order valence-electron chi connectivity index (χ0n) is 8.96. The molecule has 0 saturated heterocycles. The van der Waals surface area contributed by atoms with Gasteiger partial charge in [-0.3, -0.25) is 0 Å². The smallest absolute Gasteiger partial charge is 0.126 e. The van der Waals surface area contributed by atoms with Gasteiger partial charge in [-0.15, -0.1) is 0 Å². The van der Waals surface area contributed by atoms with Gasteiger partial charge in [-0.1, -0.05) is 13.3 Å². The van der Waals surface area contributed by atoms with E-state index in [1.165, 1.54) is 5.56 Å². The fourth-order valence-corrected chi connectivity index (χ4v) is 1.34. The average molecular weight is 193 g/mol. The van der Waals surface area contributed by atoms with Gasteiger partial charge in [0.2, 0.25) is 0 Å². The largest absolute Gasteiger partial charge is 0.369 e. The van der Waals surface area contributed by atoms with E-state index in [4.69, 9.17) is 5.73 Å². The van der Waals surface area contributed by atoms with Crippen molar-refractivity contribution >= 4 is 5.82 Å². The van der Waals surface area contributed by atoms with E-state index >= 15 is 0 Å². The number of aryl methyl sites for hydroxylation is 1. The van der Waals surface area contributed by atoms with Crippen molar-refractivity contribution in [1.82, 2.24) is 4.98 Å². The summed E-state index contributed by atoms with van der Waals surface area (Å²) in [4.78, 5) is 4.20. The van der Waals surface area contributed by atoms with Crippen LogP contribution in [0.5, 0.6) is 0 Å². The molecule has 0 aromatic carbocycles. The Kier molecular flexibility index (Phi) is 4.40. The predicted molar refractivity (Wildman–Crippen MR) is 60.3 cm³/mol. The Bertz CT molecular complexity index is 273. The minimum Gasteiger partial charge on any atom is -0.369 e. The molecule has 0 radical (unpaired) electrons. The van der Waals surface area contributed by atoms with Crippen molar-refractivity contribution in [3.8, 4) is 0 Å². The Hall–Kier alpha value is -1.09. The molecule has 3 nitrogen and oxygen atoms in total. The molecule has 0 fully saturated rings. The second-order valence-electron chi connectivity index (χ2n) is 3.65. The molecule has 0 bridgehead atoms. The third-order valence-corrected chi connectivity index (χ3v) is 2.12. The summed E-state index contributed by atoms with van der Waals surface area (Å²) < 4.78 is 0. The number of aromatic nitrogens is 1. The van der Waals surface area contributed by atoms with Gasteiger partial charge in [-0.25, -0.2) is 4.98 Å². The molecule has 0 aliphatic carbocycles. The molecule has 78 valence electrons. The number of rotatable bonds is 5. The van der Waals surface area contributed by atoms with Gasteiger partial charge in [0.1, 0.15) is 5.82 Å². The van der Waals surface area contributed by atoms with E-state index < -0.39 is 0 Å². The molecule has 1 atom stereocenters. The lowest BCUT2D eigenvalue weighted by atomic mass is 10.2. The molecule has 3 N–H and O–H groups in total. The molecule has 0 aliphatic heterocycles. The summed E-state index contributed by atoms with van der Waals surface area (Å²) in [5, 5.41) is 3.23. The fraction of sp³-hybridized carbons (Fsp3) is 0.545. The first-order valence-electron chi connectivity index (χ1n) is 5.14. The Labute approximate surface area is 85.7 Å². The van der Waals surface area contributed by atoms with Crippen LogP contribution < -0.4 is 11.1 Å². The van der Waals surface area contributed by atoms with Crippen molar-refractivity contribution in [3.63, 3.8) is 0 Å². The molecule has 1 heterocycles. The van der Waals surface area contributed by atoms with E-state index in [-0.39, 0.29) is 6.04 Å². The Morgan fingerprint density at radius 3 is 3.00 bits per heavy atom. The molecule has 14 heavy (non-hydrogen) atoms. The molecular weight excluding hydrogens is 174 g/mol. The van der Waals surface area contributed by atoms with E-state index in [1.54, 1.807) is 0 Å². The number of pyridine rings is 1. The highest BCUT2D eigenvalue weighted by atomic mass is 15.0. The maximum absolute atomic E-state index is 5.88. The van der Waals surface area contributed by atoms with E-state index in [1.807, 2.05) is 18.3 Å². The van der Waals surface area contributed by atoms with E-state index in [9.17, 15) is 0 Å². The van der Waals surface area contributed by atoms with Crippen LogP contribution in [0.1, 0.15) is 25.3 Å². The first-order chi connectivity index (χ1) is 6.72. The summed E-state index contributed by atoms with van der Waals surface area (Å²) in [6.45, 7) is 4.99. The lowest BCUT2D eigenvalue weighted by molar-refractivity contribution is 0.626. The Morgan fingerprint density at radius 1 is 1.57 bits per heavy atom. The number of nitrogens with zero attached hydrogens (tertiary/aromatic N) is 1. The SMILES string of the molecule is CCCC(N)CNc1cc(C)ccn1. The van der Waals surface area contributed by atoms with Gasteiger partial charge < -0.3 is 11.1 Å². The van der Waals surface area contributed by atoms with Gasteiger partial charge in [0.25, 0.3) is 0 Å². The van der Waals surface area contributed by atoms with Crippen molar-refractivity contribution in [3.05, 3.63) is 23.9 Å². The molecule has 1 unspecified atom stereocenters. The summed E-state index contributed by atoms with van der Waals surface area (Å²) in [6.07, 6.45) is 3.99. The quantitative estimate of drug-likeness (QED) is 0.751. The minimum atomic E-state index is 0.224. The standard InChI is InChI=1S/C11H19N3/c1-3-4-10(12)8-14-11-7-9(2)5-6-13-11/h5-7,10H,3-4,8,12H2,1-2H3,(H,13,14). The van der Waals surface area contributed by atoms with Crippen LogP contribution in [0.2, 0.25) is 0 Å². The zero-order valence-corrected chi connectivity index (χ0v) is 8.96. The molecule has 0 spiro atoms. The topological polar surface area (TPSA) is 50.9 Å². The normalized spacial score (nSPS) is 12.5. The van der Waals surface area contributed by atoms with Gasteiger partial charge >= 0.3 is 0 Å². The van der Waals surface area contributed by atoms with Crippen molar-refractivity contribution < 1.29 is 0 Å². The molecule has 1 aromatic rings. The maximum atomic E-state index is 5.88. The van der Waals surface area contributed by atoms with Gasteiger partial charge in [0.05, 0.1) is 0 Å². The van der Waals surface area contributed by atoms with Gasteiger partial charge in [-0.2, -0.15) is 0 Å². The van der Waals surface area contributed by atoms with Crippen LogP contribution in [-0.4, -0.2) is 17.6 Å². The monoisotopic (exact) mass is 193 g/mol. The van der Waals surface area contributed by atoms with Gasteiger partial charge in [0.15, 0.2) is 0 Å². The Morgan fingerprint density at radius 2 is 2.36 bits per heavy atom. The summed E-state index contributed by atoms with van der Waals surface area (Å²) in [5.74, 6) is 0.913. The van der Waals surface area contributed by atoms with E-state index in [2.05, 4.69) is 24.1 Å². The average Bonchev–Trinajstić information content (AvgIpc) is 2.15. The summed E-state index contributed by atoms with van der Waals surface area (Å²) in [5.41, 5.74) is 7.09. The van der Waals surface area contributed by atoms with Crippen molar-refractivity contribution in [2.75, 3.05) is 11.9 Å². The van der Waals surface area contributed by atoms with Crippen LogP contribution in [0.25, 0.3) is 0 Å². The first-order valence-corrected chi connectivity index (χ1v) is 5.14. The zero-order chi connectivity index (χ0) is 10.4. The maximum Gasteiger partial charge on any atom is 0.126 e. The number of hydrogen-bond donors (Lipinski definition) is 2. The molecule has 3 heteroatoms. The highest BCUT2D eigenvalue weighted by Crippen LogP contribution is 2.05. The lowest BCUT2D eigenvalue weighted by Gasteiger charge is -2.11. The third-order valence-electron chi connectivity index (χ3n) is 2.12. The van der Waals surface area contributed by atoms with Crippen LogP contribution in [0.4, 0.5) is 5.82 Å². The molecule has 0 saturated carbocycles. The lowest BCUT2D eigenvalue weighted by Crippen LogP contribution is -2.28. The van der Waals surface area contributed by atoms with Crippen LogP contribution >= 0.6 is 0 Å². The van der Waals surface area contributed by atoms with Gasteiger partial charge in [-0.05, 0) is 31.0 Å². The van der Waals surface area contributed by atoms with Crippen molar-refractivity contribution in [2.24, 2.45) is 5.73 Å². The second-order valence-corrected chi connectivity index (χ2v) is 3.65. The molecule has 0 amide bonds. The number of anilines is 1. The molecular formula is C11H19N3. The van der Waals surface area contributed by atoms with E-state index in [0.717, 1.165) is 25.2 Å². The number of hydrogen-bond acceptors (Lipinski definition) is 3. The van der Waals surface area contributed by atoms with Gasteiger partial charge in [0, 0.05) is 18.8 Å². The van der Waals surface area contributed by atoms with Crippen LogP contribution in [0.15, 0.2) is 18.3 Å². The summed E-state index contributed by atoms with van der Waals surface area (Å²) >= 11 is 0. The van der Waals surface area contributed by atoms with Crippen molar-refractivity contribution in [1.29, 1.82) is 0 Å². The minimum absolute atomic E-state index is 0.224. The molecule has 1 aromatic heterocycles. The third kappa shape index (κ3) is 3.75. The Balaban J connectivity index is 2.37. The van der Waals surface area contributed by atoms with Crippen LogP contribution in [0, 0.1) is 6.92 Å². The highest BCUT2D eigenvalue weighted by molar-refractivity contribution is 5.36. The fourth-order valence-electron chi connectivity index (χ4n) is 1.34. The van der Waals surface area contributed by atoms with Crippen LogP contribution in [0.3, 0.4) is 0 Å². The molecule has 0 aliphatic rings. The molecule has 1 rings (SSSR count). The first kappa shape index (κ1) is 11.0. The summed E-state index contributed by atoms with van der Waals surface area (Å²) in [6, 6.07) is 4.23. The predicted octanol–water partition coefficient (Wildman–Crippen LogP) is 1.93. The number of nitrogens with one attached hydrogen (secondary N) is 1. The van der Waals surface area contributed by atoms with Crippen molar-refractivity contribution in [2.45, 2.75) is 32.7 Å².